The van der Waals surface area contributed by atoms with Gasteiger partial charge in [0.25, 0.3) is 11.6 Å². The fraction of sp³-hybridized carbons (Fsp3) is 0.0556. The molecular formula is C18H13ClN2O4. The van der Waals surface area contributed by atoms with E-state index in [0.717, 1.165) is 5.39 Å². The number of methoxy groups -OCH3 is 1. The predicted octanol–water partition coefficient (Wildman–Crippen LogP) is 4.66. The van der Waals surface area contributed by atoms with Crippen molar-refractivity contribution in [3.8, 4) is 5.75 Å². The number of ether oxygens (including phenoxy) is 1. The topological polar surface area (TPSA) is 81.5 Å². The first-order valence-electron chi connectivity index (χ1n) is 7.32. The molecule has 3 rings (SSSR count). The highest BCUT2D eigenvalue weighted by atomic mass is 35.5. The number of hydrogen-bond acceptors (Lipinski definition) is 4. The third-order valence-electron chi connectivity index (χ3n) is 3.76. The second kappa shape index (κ2) is 6.78. The number of carbonyl (C=O) groups excluding carboxylic acids is 1. The molecule has 3 aromatic rings. The number of carbonyl (C=O) groups is 1. The van der Waals surface area contributed by atoms with E-state index in [1.807, 2.05) is 6.07 Å². The highest BCUT2D eigenvalue weighted by molar-refractivity contribution is 6.36. The van der Waals surface area contributed by atoms with Gasteiger partial charge in [0.05, 0.1) is 17.7 Å². The maximum Gasteiger partial charge on any atom is 0.271 e. The van der Waals surface area contributed by atoms with E-state index in [9.17, 15) is 14.9 Å². The third kappa shape index (κ3) is 3.25. The van der Waals surface area contributed by atoms with Crippen molar-refractivity contribution >= 4 is 39.7 Å². The molecule has 7 heteroatoms. The highest BCUT2D eigenvalue weighted by Crippen LogP contribution is 2.31. The molecule has 0 bridgehead atoms. The van der Waals surface area contributed by atoms with Gasteiger partial charge in [-0.1, -0.05) is 35.9 Å². The van der Waals surface area contributed by atoms with Crippen LogP contribution in [0.2, 0.25) is 5.02 Å². The van der Waals surface area contributed by atoms with E-state index < -0.39 is 10.8 Å². The molecule has 0 spiro atoms. The van der Waals surface area contributed by atoms with Crippen LogP contribution in [0.5, 0.6) is 5.75 Å². The molecule has 0 aliphatic carbocycles. The Balaban J connectivity index is 2.02. The molecule has 1 N–H and O–H groups in total. The van der Waals surface area contributed by atoms with Gasteiger partial charge in [0.1, 0.15) is 5.75 Å². The number of non-ortho nitro benzene ring substituents is 1. The summed E-state index contributed by atoms with van der Waals surface area (Å²) in [5.41, 5.74) is 0.492. The summed E-state index contributed by atoms with van der Waals surface area (Å²) in [6.07, 6.45) is 0. The van der Waals surface area contributed by atoms with Crippen LogP contribution >= 0.6 is 11.6 Å². The molecule has 0 atom stereocenters. The van der Waals surface area contributed by atoms with Crippen LogP contribution in [0, 0.1) is 10.1 Å². The van der Waals surface area contributed by atoms with Crippen molar-refractivity contribution in [1.29, 1.82) is 0 Å². The average molecular weight is 357 g/mol. The first kappa shape index (κ1) is 16.7. The fourth-order valence-electron chi connectivity index (χ4n) is 2.57. The molecule has 0 unspecified atom stereocenters. The van der Waals surface area contributed by atoms with Gasteiger partial charge in [-0.3, -0.25) is 14.9 Å². The first-order chi connectivity index (χ1) is 12.0. The van der Waals surface area contributed by atoms with E-state index >= 15 is 0 Å². The van der Waals surface area contributed by atoms with Gasteiger partial charge in [0.15, 0.2) is 0 Å². The molecule has 25 heavy (non-hydrogen) atoms. The number of nitrogens with zero attached hydrogens (tertiary/aromatic N) is 1. The number of fused-ring (bicyclic) bond motifs is 1. The van der Waals surface area contributed by atoms with Gasteiger partial charge in [0.2, 0.25) is 0 Å². The number of anilines is 1. The van der Waals surface area contributed by atoms with Gasteiger partial charge >= 0.3 is 0 Å². The zero-order chi connectivity index (χ0) is 18.0. The molecule has 1 amide bonds. The fourth-order valence-corrected chi connectivity index (χ4v) is 2.80. The Morgan fingerprint density at radius 1 is 1.12 bits per heavy atom. The maximum absolute atomic E-state index is 12.7. The minimum atomic E-state index is -0.535. The number of nitro benzene ring substituents is 1. The van der Waals surface area contributed by atoms with Crippen molar-refractivity contribution in [1.82, 2.24) is 0 Å². The van der Waals surface area contributed by atoms with Crippen molar-refractivity contribution < 1.29 is 14.5 Å². The molecule has 0 heterocycles. The normalized spacial score (nSPS) is 10.5. The Hall–Kier alpha value is -3.12. The van der Waals surface area contributed by atoms with Crippen molar-refractivity contribution in [2.45, 2.75) is 0 Å². The minimum absolute atomic E-state index is 0.142. The number of nitrogens with one attached hydrogen (secondary N) is 1. The standard InChI is InChI=1S/C18H13ClN2O4/c1-25-17-9-8-11(21(23)24)10-16(17)20-18(22)14-6-2-5-13-12(14)4-3-7-15(13)19/h2-10H,1H3,(H,20,22). The van der Waals surface area contributed by atoms with Crippen LogP contribution in [0.1, 0.15) is 10.4 Å². The summed E-state index contributed by atoms with van der Waals surface area (Å²) in [6, 6.07) is 14.5. The summed E-state index contributed by atoms with van der Waals surface area (Å²) < 4.78 is 5.16. The molecule has 0 aliphatic rings. The van der Waals surface area contributed by atoms with Crippen LogP contribution in [0.15, 0.2) is 54.6 Å². The molecular weight excluding hydrogens is 344 g/mol. The molecule has 0 fully saturated rings. The van der Waals surface area contributed by atoms with Gasteiger partial charge in [-0.2, -0.15) is 0 Å². The van der Waals surface area contributed by atoms with Crippen LogP contribution in [0.25, 0.3) is 10.8 Å². The summed E-state index contributed by atoms with van der Waals surface area (Å²) in [7, 11) is 1.43. The Kier molecular flexibility index (Phi) is 4.54. The highest BCUT2D eigenvalue weighted by Gasteiger charge is 2.16. The monoisotopic (exact) mass is 356 g/mol. The molecule has 0 aliphatic heterocycles. The lowest BCUT2D eigenvalue weighted by molar-refractivity contribution is -0.384. The summed E-state index contributed by atoms with van der Waals surface area (Å²) in [6.45, 7) is 0. The lowest BCUT2D eigenvalue weighted by Crippen LogP contribution is -2.13. The van der Waals surface area contributed by atoms with Gasteiger partial charge in [0, 0.05) is 28.1 Å². The summed E-state index contributed by atoms with van der Waals surface area (Å²) in [4.78, 5) is 23.1. The van der Waals surface area contributed by atoms with E-state index in [2.05, 4.69) is 5.32 Å². The predicted molar refractivity (Wildman–Crippen MR) is 96.6 cm³/mol. The van der Waals surface area contributed by atoms with E-state index in [1.54, 1.807) is 30.3 Å². The number of halogens is 1. The van der Waals surface area contributed by atoms with Gasteiger partial charge < -0.3 is 10.1 Å². The van der Waals surface area contributed by atoms with Crippen LogP contribution in [-0.2, 0) is 0 Å². The zero-order valence-electron chi connectivity index (χ0n) is 13.2. The zero-order valence-corrected chi connectivity index (χ0v) is 13.9. The van der Waals surface area contributed by atoms with Crippen LogP contribution in [0.4, 0.5) is 11.4 Å². The van der Waals surface area contributed by atoms with Crippen LogP contribution in [-0.4, -0.2) is 17.9 Å². The van der Waals surface area contributed by atoms with Gasteiger partial charge in [-0.05, 0) is 23.6 Å². The lowest BCUT2D eigenvalue weighted by Gasteiger charge is -2.11. The van der Waals surface area contributed by atoms with E-state index in [0.29, 0.717) is 21.7 Å². The quantitative estimate of drug-likeness (QED) is 0.544. The SMILES string of the molecule is COc1ccc([N+](=O)[O-])cc1NC(=O)c1cccc2c(Cl)cccc12. The molecule has 0 saturated heterocycles. The minimum Gasteiger partial charge on any atom is -0.495 e. The average Bonchev–Trinajstić information content (AvgIpc) is 2.61. The molecule has 6 nitrogen and oxygen atoms in total. The van der Waals surface area contributed by atoms with Crippen molar-refractivity contribution in [2.75, 3.05) is 12.4 Å². The number of amides is 1. The molecule has 3 aromatic carbocycles. The Labute approximate surface area is 148 Å². The van der Waals surface area contributed by atoms with Crippen molar-refractivity contribution in [3.05, 3.63) is 75.3 Å². The van der Waals surface area contributed by atoms with E-state index in [4.69, 9.17) is 16.3 Å². The van der Waals surface area contributed by atoms with Crippen LogP contribution < -0.4 is 10.1 Å². The molecule has 0 radical (unpaired) electrons. The van der Waals surface area contributed by atoms with E-state index in [1.165, 1.54) is 25.3 Å². The Morgan fingerprint density at radius 2 is 1.84 bits per heavy atom. The number of nitro groups is 1. The maximum atomic E-state index is 12.7. The van der Waals surface area contributed by atoms with Crippen LogP contribution in [0.3, 0.4) is 0 Å². The molecule has 0 saturated carbocycles. The number of benzene rings is 3. The van der Waals surface area contributed by atoms with Crippen molar-refractivity contribution in [2.24, 2.45) is 0 Å². The van der Waals surface area contributed by atoms with Gasteiger partial charge in [-0.15, -0.1) is 0 Å². The Bertz CT molecular complexity index is 988. The first-order valence-corrected chi connectivity index (χ1v) is 7.70. The summed E-state index contributed by atoms with van der Waals surface area (Å²) in [5, 5.41) is 15.6. The summed E-state index contributed by atoms with van der Waals surface area (Å²) >= 11 is 6.17. The molecule has 0 aromatic heterocycles. The smallest absolute Gasteiger partial charge is 0.271 e. The number of rotatable bonds is 4. The van der Waals surface area contributed by atoms with E-state index in [-0.39, 0.29) is 11.4 Å². The second-order valence-corrected chi connectivity index (χ2v) is 5.64. The van der Waals surface area contributed by atoms with Crippen molar-refractivity contribution in [3.63, 3.8) is 0 Å². The molecule has 126 valence electrons. The number of hydrogen-bond donors (Lipinski definition) is 1. The summed E-state index contributed by atoms with van der Waals surface area (Å²) in [5.74, 6) is -0.0797. The largest absolute Gasteiger partial charge is 0.495 e. The second-order valence-electron chi connectivity index (χ2n) is 5.24. The third-order valence-corrected chi connectivity index (χ3v) is 4.09. The van der Waals surface area contributed by atoms with Gasteiger partial charge in [-0.25, -0.2) is 0 Å². The lowest BCUT2D eigenvalue weighted by atomic mass is 10.0. The Morgan fingerprint density at radius 3 is 2.56 bits per heavy atom.